The van der Waals surface area contributed by atoms with Crippen molar-refractivity contribution in [1.29, 1.82) is 0 Å². The molecule has 0 saturated carbocycles. The van der Waals surface area contributed by atoms with Gasteiger partial charge in [0.15, 0.2) is 0 Å². The summed E-state index contributed by atoms with van der Waals surface area (Å²) in [5.74, 6) is 2.04. The molecule has 0 aliphatic carbocycles. The summed E-state index contributed by atoms with van der Waals surface area (Å²) in [4.78, 5) is 0. The Morgan fingerprint density at radius 2 is 1.63 bits per heavy atom. The molecule has 0 radical (unpaired) electrons. The van der Waals surface area contributed by atoms with Crippen LogP contribution in [0.15, 0.2) is 36.5 Å². The lowest BCUT2D eigenvalue weighted by molar-refractivity contribution is 0.304. The van der Waals surface area contributed by atoms with Crippen LogP contribution in [0.4, 0.5) is 0 Å². The van der Waals surface area contributed by atoms with E-state index in [9.17, 15) is 0 Å². The zero-order valence-electron chi connectivity index (χ0n) is 13.7. The highest BCUT2D eigenvalue weighted by atomic mass is 14.7. The van der Waals surface area contributed by atoms with Gasteiger partial charge in [0.25, 0.3) is 0 Å². The van der Waals surface area contributed by atoms with Crippen LogP contribution in [0.2, 0.25) is 0 Å². The summed E-state index contributed by atoms with van der Waals surface area (Å²) < 4.78 is 0. The van der Waals surface area contributed by atoms with Crippen LogP contribution in [-0.2, 0) is 0 Å². The Kier molecular flexibility index (Phi) is 8.75. The third kappa shape index (κ3) is 7.37. The predicted molar refractivity (Wildman–Crippen MR) is 88.0 cm³/mol. The SMILES string of the molecule is C=C(/C=C/C/C=C/C(C)C)C(C)C(C)C(N)C(C)C. The van der Waals surface area contributed by atoms with E-state index < -0.39 is 0 Å². The molecular formula is C18H33N. The molecule has 0 rings (SSSR count). The first-order valence-electron chi connectivity index (χ1n) is 7.54. The molecule has 0 aromatic heterocycles. The highest BCUT2D eigenvalue weighted by Gasteiger charge is 2.22. The Morgan fingerprint density at radius 1 is 1.05 bits per heavy atom. The van der Waals surface area contributed by atoms with Crippen molar-refractivity contribution in [3.63, 3.8) is 0 Å². The van der Waals surface area contributed by atoms with Gasteiger partial charge in [-0.2, -0.15) is 0 Å². The maximum absolute atomic E-state index is 6.23. The highest BCUT2D eigenvalue weighted by Crippen LogP contribution is 2.25. The van der Waals surface area contributed by atoms with Gasteiger partial charge < -0.3 is 5.73 Å². The van der Waals surface area contributed by atoms with Gasteiger partial charge in [-0.15, -0.1) is 0 Å². The second-order valence-electron chi connectivity index (χ2n) is 6.35. The Balaban J connectivity index is 4.30. The van der Waals surface area contributed by atoms with Crippen LogP contribution in [-0.4, -0.2) is 6.04 Å². The van der Waals surface area contributed by atoms with E-state index in [1.165, 1.54) is 5.57 Å². The lowest BCUT2D eigenvalue weighted by Crippen LogP contribution is -2.37. The van der Waals surface area contributed by atoms with Gasteiger partial charge in [0, 0.05) is 6.04 Å². The van der Waals surface area contributed by atoms with Gasteiger partial charge in [0.05, 0.1) is 0 Å². The first kappa shape index (κ1) is 18.2. The highest BCUT2D eigenvalue weighted by molar-refractivity contribution is 5.19. The van der Waals surface area contributed by atoms with Gasteiger partial charge in [-0.3, -0.25) is 0 Å². The topological polar surface area (TPSA) is 26.0 Å². The number of hydrogen-bond donors (Lipinski definition) is 1. The molecule has 0 fully saturated rings. The molecule has 1 heteroatoms. The van der Waals surface area contributed by atoms with Gasteiger partial charge >= 0.3 is 0 Å². The van der Waals surface area contributed by atoms with Crippen molar-refractivity contribution in [2.24, 2.45) is 29.4 Å². The van der Waals surface area contributed by atoms with E-state index >= 15 is 0 Å². The molecule has 0 amide bonds. The van der Waals surface area contributed by atoms with Crippen LogP contribution in [0.5, 0.6) is 0 Å². The smallest absolute Gasteiger partial charge is 0.00934 e. The first-order chi connectivity index (χ1) is 8.77. The normalized spacial score (nSPS) is 17.5. The monoisotopic (exact) mass is 263 g/mol. The van der Waals surface area contributed by atoms with E-state index in [0.717, 1.165) is 6.42 Å². The van der Waals surface area contributed by atoms with E-state index in [-0.39, 0.29) is 6.04 Å². The summed E-state index contributed by atoms with van der Waals surface area (Å²) in [6.07, 6.45) is 9.76. The number of rotatable bonds is 8. The van der Waals surface area contributed by atoms with Crippen molar-refractivity contribution in [2.45, 2.75) is 54.0 Å². The average Bonchev–Trinajstić information content (AvgIpc) is 2.34. The fraction of sp³-hybridized carbons (Fsp3) is 0.667. The molecule has 0 aliphatic heterocycles. The van der Waals surface area contributed by atoms with Gasteiger partial charge in [-0.25, -0.2) is 0 Å². The van der Waals surface area contributed by atoms with E-state index in [2.05, 4.69) is 72.4 Å². The van der Waals surface area contributed by atoms with Crippen molar-refractivity contribution in [3.8, 4) is 0 Å². The molecule has 0 heterocycles. The van der Waals surface area contributed by atoms with Crippen molar-refractivity contribution in [3.05, 3.63) is 36.5 Å². The molecule has 19 heavy (non-hydrogen) atoms. The van der Waals surface area contributed by atoms with Crippen molar-refractivity contribution in [2.75, 3.05) is 0 Å². The molecule has 1 nitrogen and oxygen atoms in total. The largest absolute Gasteiger partial charge is 0.327 e. The second-order valence-corrected chi connectivity index (χ2v) is 6.35. The Morgan fingerprint density at radius 3 is 2.11 bits per heavy atom. The van der Waals surface area contributed by atoms with Crippen LogP contribution >= 0.6 is 0 Å². The zero-order valence-corrected chi connectivity index (χ0v) is 13.7. The van der Waals surface area contributed by atoms with Gasteiger partial charge in [-0.1, -0.05) is 78.0 Å². The van der Waals surface area contributed by atoms with E-state index in [1.807, 2.05) is 0 Å². The maximum Gasteiger partial charge on any atom is 0.00934 e. The number of allylic oxidation sites excluding steroid dienone is 5. The molecule has 0 aromatic carbocycles. The molecule has 3 unspecified atom stereocenters. The van der Waals surface area contributed by atoms with Crippen molar-refractivity contribution < 1.29 is 0 Å². The molecule has 0 aliphatic rings. The van der Waals surface area contributed by atoms with E-state index in [1.54, 1.807) is 0 Å². The van der Waals surface area contributed by atoms with Crippen LogP contribution in [0.25, 0.3) is 0 Å². The van der Waals surface area contributed by atoms with Gasteiger partial charge in [0.2, 0.25) is 0 Å². The maximum atomic E-state index is 6.23. The molecule has 110 valence electrons. The molecule has 0 bridgehead atoms. The summed E-state index contributed by atoms with van der Waals surface area (Å²) in [6, 6.07) is 0.237. The average molecular weight is 263 g/mol. The number of nitrogens with two attached hydrogens (primary N) is 1. The summed E-state index contributed by atoms with van der Waals surface area (Å²) in [7, 11) is 0. The van der Waals surface area contributed by atoms with Crippen LogP contribution in [0.3, 0.4) is 0 Å². The fourth-order valence-electron chi connectivity index (χ4n) is 2.08. The minimum Gasteiger partial charge on any atom is -0.327 e. The quantitative estimate of drug-likeness (QED) is 0.486. The third-order valence-corrected chi connectivity index (χ3v) is 3.88. The van der Waals surface area contributed by atoms with Crippen LogP contribution in [0, 0.1) is 23.7 Å². The van der Waals surface area contributed by atoms with Crippen molar-refractivity contribution >= 4 is 0 Å². The lowest BCUT2D eigenvalue weighted by atomic mass is 9.80. The summed E-state index contributed by atoms with van der Waals surface area (Å²) in [6.45, 7) is 17.4. The van der Waals surface area contributed by atoms with Gasteiger partial charge in [-0.05, 0) is 30.1 Å². The second kappa shape index (κ2) is 9.14. The van der Waals surface area contributed by atoms with Crippen LogP contribution in [0.1, 0.15) is 48.0 Å². The van der Waals surface area contributed by atoms with E-state index in [0.29, 0.717) is 23.7 Å². The molecule has 0 spiro atoms. The standard InChI is InChI=1S/C18H33N/c1-13(2)11-9-8-10-12-15(5)16(6)17(7)18(19)14(3)4/h9-14,16-18H,5,8,19H2,1-4,6-7H3/b11-9+,12-10+. The summed E-state index contributed by atoms with van der Waals surface area (Å²) in [5, 5.41) is 0. The Hall–Kier alpha value is -0.820. The molecule has 0 saturated heterocycles. The summed E-state index contributed by atoms with van der Waals surface area (Å²) in [5.41, 5.74) is 7.41. The van der Waals surface area contributed by atoms with Crippen molar-refractivity contribution in [1.82, 2.24) is 0 Å². The minimum absolute atomic E-state index is 0.237. The minimum atomic E-state index is 0.237. The van der Waals surface area contributed by atoms with Gasteiger partial charge in [0.1, 0.15) is 0 Å². The third-order valence-electron chi connectivity index (χ3n) is 3.88. The molecule has 2 N–H and O–H groups in total. The lowest BCUT2D eigenvalue weighted by Gasteiger charge is -2.29. The Labute approximate surface area is 120 Å². The Bertz CT molecular complexity index is 310. The molecule has 0 aromatic rings. The molecular weight excluding hydrogens is 230 g/mol. The summed E-state index contributed by atoms with van der Waals surface area (Å²) >= 11 is 0. The first-order valence-corrected chi connectivity index (χ1v) is 7.54. The fourth-order valence-corrected chi connectivity index (χ4v) is 2.08. The number of hydrogen-bond acceptors (Lipinski definition) is 1. The molecule has 3 atom stereocenters. The zero-order chi connectivity index (χ0) is 15.0. The van der Waals surface area contributed by atoms with E-state index in [4.69, 9.17) is 5.73 Å². The van der Waals surface area contributed by atoms with Crippen LogP contribution < -0.4 is 5.73 Å². The predicted octanol–water partition coefficient (Wildman–Crippen LogP) is 4.96.